The molecule has 0 aliphatic rings. The molecule has 0 saturated heterocycles. The van der Waals surface area contributed by atoms with Crippen molar-refractivity contribution >= 4 is 5.97 Å². The smallest absolute Gasteiger partial charge is 0.358 e. The molecule has 0 unspecified atom stereocenters. The van der Waals surface area contributed by atoms with Gasteiger partial charge in [0.2, 0.25) is 0 Å². The maximum Gasteiger partial charge on any atom is 0.358 e. The van der Waals surface area contributed by atoms with Crippen molar-refractivity contribution in [2.45, 2.75) is 13.0 Å². The third-order valence-corrected chi connectivity index (χ3v) is 2.77. The van der Waals surface area contributed by atoms with Crippen molar-refractivity contribution in [3.63, 3.8) is 0 Å². The summed E-state index contributed by atoms with van der Waals surface area (Å²) in [5.41, 5.74) is 5.52. The topological polar surface area (TPSA) is 94.0 Å². The maximum atomic E-state index is 13.6. The summed E-state index contributed by atoms with van der Waals surface area (Å²) in [6.07, 6.45) is 0.228. The number of aromatic carboxylic acids is 1. The van der Waals surface area contributed by atoms with Crippen molar-refractivity contribution in [2.75, 3.05) is 6.54 Å². The summed E-state index contributed by atoms with van der Waals surface area (Å²) in [5.74, 6) is -3.19. The first-order valence-corrected chi connectivity index (χ1v) is 5.83. The molecule has 0 atom stereocenters. The van der Waals surface area contributed by atoms with Gasteiger partial charge in [-0.25, -0.2) is 18.3 Å². The minimum absolute atomic E-state index is 0.0603. The first kappa shape index (κ1) is 14.1. The van der Waals surface area contributed by atoms with Crippen LogP contribution < -0.4 is 5.73 Å². The molecule has 0 aliphatic heterocycles. The summed E-state index contributed by atoms with van der Waals surface area (Å²) in [6.45, 7) is 0.0818. The lowest BCUT2D eigenvalue weighted by Crippen LogP contribution is -2.14. The van der Waals surface area contributed by atoms with Crippen molar-refractivity contribution < 1.29 is 18.7 Å². The van der Waals surface area contributed by atoms with E-state index in [1.807, 2.05) is 0 Å². The number of nitrogens with two attached hydrogens (primary N) is 1. The summed E-state index contributed by atoms with van der Waals surface area (Å²) in [4.78, 5) is 11.0. The van der Waals surface area contributed by atoms with Crippen molar-refractivity contribution in [1.29, 1.82) is 0 Å². The number of halogens is 2. The van der Waals surface area contributed by atoms with Gasteiger partial charge >= 0.3 is 5.97 Å². The van der Waals surface area contributed by atoms with Gasteiger partial charge in [0.25, 0.3) is 0 Å². The summed E-state index contributed by atoms with van der Waals surface area (Å²) >= 11 is 0. The summed E-state index contributed by atoms with van der Waals surface area (Å²) in [5, 5.41) is 16.2. The number of hydrogen-bond donors (Lipinski definition) is 2. The fourth-order valence-electron chi connectivity index (χ4n) is 1.84. The Balaban J connectivity index is 2.38. The molecule has 0 bridgehead atoms. The lowest BCUT2D eigenvalue weighted by atomic mass is 10.2. The molecule has 6 nitrogen and oxygen atoms in total. The molecule has 0 fully saturated rings. The van der Waals surface area contributed by atoms with Gasteiger partial charge in [-0.2, -0.15) is 0 Å². The molecule has 0 saturated carbocycles. The first-order valence-electron chi connectivity index (χ1n) is 5.83. The largest absolute Gasteiger partial charge is 0.476 e. The number of carboxylic acid groups (broad SMARTS) is 1. The highest BCUT2D eigenvalue weighted by atomic mass is 19.2. The molecule has 1 aromatic heterocycles. The Hall–Kier alpha value is -2.35. The van der Waals surface area contributed by atoms with Crippen LogP contribution in [0.25, 0.3) is 0 Å². The van der Waals surface area contributed by atoms with E-state index >= 15 is 0 Å². The van der Waals surface area contributed by atoms with E-state index in [0.717, 1.165) is 6.07 Å². The van der Waals surface area contributed by atoms with Crippen LogP contribution in [0.4, 0.5) is 8.78 Å². The molecule has 1 aromatic carbocycles. The average Bonchev–Trinajstić information content (AvgIpc) is 2.79. The Bertz CT molecular complexity index is 642. The lowest BCUT2D eigenvalue weighted by Gasteiger charge is -2.07. The van der Waals surface area contributed by atoms with E-state index in [0.29, 0.717) is 0 Å². The maximum absolute atomic E-state index is 13.6. The van der Waals surface area contributed by atoms with E-state index in [2.05, 4.69) is 10.3 Å². The zero-order chi connectivity index (χ0) is 14.7. The van der Waals surface area contributed by atoms with E-state index in [-0.39, 0.29) is 36.5 Å². The fourth-order valence-corrected chi connectivity index (χ4v) is 1.84. The van der Waals surface area contributed by atoms with Crippen LogP contribution in [-0.4, -0.2) is 32.6 Å². The van der Waals surface area contributed by atoms with Crippen LogP contribution in [0.3, 0.4) is 0 Å². The van der Waals surface area contributed by atoms with Crippen LogP contribution in [0.5, 0.6) is 0 Å². The third kappa shape index (κ3) is 2.64. The highest BCUT2D eigenvalue weighted by Gasteiger charge is 2.19. The van der Waals surface area contributed by atoms with Crippen LogP contribution in [0.1, 0.15) is 21.7 Å². The number of hydrogen-bond acceptors (Lipinski definition) is 4. The number of carbonyl (C=O) groups is 1. The van der Waals surface area contributed by atoms with Crippen LogP contribution in [0.15, 0.2) is 18.2 Å². The molecule has 8 heteroatoms. The van der Waals surface area contributed by atoms with E-state index in [1.54, 1.807) is 0 Å². The van der Waals surface area contributed by atoms with Gasteiger partial charge in [0.05, 0.1) is 12.2 Å². The monoisotopic (exact) mass is 282 g/mol. The van der Waals surface area contributed by atoms with Crippen LogP contribution in [0.2, 0.25) is 0 Å². The van der Waals surface area contributed by atoms with Gasteiger partial charge in [0.1, 0.15) is 0 Å². The van der Waals surface area contributed by atoms with Gasteiger partial charge in [-0.3, -0.25) is 0 Å². The molecule has 3 N–H and O–H groups in total. The Morgan fingerprint density at radius 2 is 2.15 bits per heavy atom. The van der Waals surface area contributed by atoms with Gasteiger partial charge in [-0.05, 0) is 12.6 Å². The quantitative estimate of drug-likeness (QED) is 0.846. The second-order valence-electron chi connectivity index (χ2n) is 4.10. The van der Waals surface area contributed by atoms with Gasteiger partial charge in [-0.1, -0.05) is 17.3 Å². The SMILES string of the molecule is NCCc1c(C(=O)O)nnn1Cc1cccc(F)c1F. The third-order valence-electron chi connectivity index (χ3n) is 2.77. The minimum Gasteiger partial charge on any atom is -0.476 e. The number of benzene rings is 1. The van der Waals surface area contributed by atoms with Crippen LogP contribution >= 0.6 is 0 Å². The molecule has 0 amide bonds. The predicted octanol–water partition coefficient (Wildman–Crippen LogP) is 0.804. The molecule has 0 aliphatic carbocycles. The molecule has 0 radical (unpaired) electrons. The van der Waals surface area contributed by atoms with E-state index in [1.165, 1.54) is 16.8 Å². The van der Waals surface area contributed by atoms with E-state index in [9.17, 15) is 13.6 Å². The molecular formula is C12H12F2N4O2. The zero-order valence-corrected chi connectivity index (χ0v) is 10.4. The molecular weight excluding hydrogens is 270 g/mol. The number of aromatic nitrogens is 3. The van der Waals surface area contributed by atoms with Gasteiger partial charge in [0.15, 0.2) is 17.3 Å². The summed E-state index contributed by atoms with van der Waals surface area (Å²) < 4.78 is 27.9. The number of carboxylic acids is 1. The molecule has 106 valence electrons. The summed E-state index contributed by atoms with van der Waals surface area (Å²) in [7, 11) is 0. The Kier molecular flexibility index (Phi) is 4.04. The van der Waals surface area contributed by atoms with Crippen LogP contribution in [-0.2, 0) is 13.0 Å². The second-order valence-corrected chi connectivity index (χ2v) is 4.10. The normalized spacial score (nSPS) is 10.8. The molecule has 20 heavy (non-hydrogen) atoms. The van der Waals surface area contributed by atoms with Crippen molar-refractivity contribution in [3.05, 3.63) is 46.8 Å². The van der Waals surface area contributed by atoms with Crippen LogP contribution in [0, 0.1) is 11.6 Å². The van der Waals surface area contributed by atoms with E-state index in [4.69, 9.17) is 10.8 Å². The summed E-state index contributed by atoms with van der Waals surface area (Å²) in [6, 6.07) is 3.77. The number of rotatable bonds is 5. The lowest BCUT2D eigenvalue weighted by molar-refractivity contribution is 0.0689. The number of nitrogens with zero attached hydrogens (tertiary/aromatic N) is 3. The molecule has 2 aromatic rings. The highest BCUT2D eigenvalue weighted by molar-refractivity contribution is 5.86. The highest BCUT2D eigenvalue weighted by Crippen LogP contribution is 2.15. The minimum atomic E-state index is -1.24. The first-order chi connectivity index (χ1) is 9.54. The van der Waals surface area contributed by atoms with Crippen molar-refractivity contribution in [1.82, 2.24) is 15.0 Å². The van der Waals surface area contributed by atoms with Crippen molar-refractivity contribution in [3.8, 4) is 0 Å². The second kappa shape index (κ2) is 5.74. The van der Waals surface area contributed by atoms with Crippen molar-refractivity contribution in [2.24, 2.45) is 5.73 Å². The molecule has 0 spiro atoms. The van der Waals surface area contributed by atoms with Gasteiger partial charge in [-0.15, -0.1) is 5.10 Å². The standard InChI is InChI=1S/C12H12F2N4O2/c13-8-3-1-2-7(10(8)14)6-18-9(4-5-15)11(12(19)20)16-17-18/h1-3H,4-6,15H2,(H,19,20). The zero-order valence-electron chi connectivity index (χ0n) is 10.4. The Morgan fingerprint density at radius 3 is 2.80 bits per heavy atom. The fraction of sp³-hybridized carbons (Fsp3) is 0.250. The van der Waals surface area contributed by atoms with E-state index < -0.39 is 17.6 Å². The predicted molar refractivity (Wildman–Crippen MR) is 65.2 cm³/mol. The average molecular weight is 282 g/mol. The van der Waals surface area contributed by atoms with Gasteiger partial charge in [0, 0.05) is 12.0 Å². The van der Waals surface area contributed by atoms with Gasteiger partial charge < -0.3 is 10.8 Å². The molecule has 2 rings (SSSR count). The Morgan fingerprint density at radius 1 is 1.40 bits per heavy atom. The molecule has 1 heterocycles. The Labute approximate surface area is 112 Å².